The van der Waals surface area contributed by atoms with Gasteiger partial charge in [-0.25, -0.2) is 13.8 Å². The quantitative estimate of drug-likeness (QED) is 0.346. The van der Waals surface area contributed by atoms with Crippen LogP contribution in [-0.2, 0) is 11.0 Å². The molecule has 0 aromatic carbocycles. The number of nitrogens with two attached hydrogens (primary N) is 1. The Morgan fingerprint density at radius 2 is 1.86 bits per heavy atom. The molecular formula is C22H19ClF5N5O2S. The number of rotatable bonds is 7. The van der Waals surface area contributed by atoms with Gasteiger partial charge in [0.15, 0.2) is 5.69 Å². The number of primary amides is 1. The molecule has 3 heterocycles. The Hall–Kier alpha value is -2.80. The van der Waals surface area contributed by atoms with Crippen molar-refractivity contribution in [3.8, 4) is 0 Å². The molecule has 3 N–H and O–H groups in total. The fourth-order valence-corrected chi connectivity index (χ4v) is 5.64. The number of pyridine rings is 1. The Bertz CT molecular complexity index is 1390. The minimum absolute atomic E-state index is 0.0110. The third kappa shape index (κ3) is 4.32. The standard InChI is InChI=1S/C22H19ClF5N5O2S/c1-7(33-15(9-4-5-9)13(23)17(32-33)22(26,27)28)20(35)31-14-12-10(8-2-3-8)6-11(18(24)25)30-21(12)36-16(14)19(29)34/h6-9,18H,2-5H2,1H3,(H2,29,34)(H,31,35). The van der Waals surface area contributed by atoms with Crippen molar-refractivity contribution in [3.63, 3.8) is 0 Å². The zero-order chi connectivity index (χ0) is 26.1. The Morgan fingerprint density at radius 1 is 1.22 bits per heavy atom. The van der Waals surface area contributed by atoms with Gasteiger partial charge in [-0.05, 0) is 50.2 Å². The summed E-state index contributed by atoms with van der Waals surface area (Å²) in [4.78, 5) is 29.4. The number of hydrogen-bond acceptors (Lipinski definition) is 5. The number of nitrogens with zero attached hydrogens (tertiary/aromatic N) is 3. The van der Waals surface area contributed by atoms with Crippen LogP contribution in [0.4, 0.5) is 27.6 Å². The molecule has 5 rings (SSSR count). The molecule has 7 nitrogen and oxygen atoms in total. The molecule has 0 aliphatic heterocycles. The van der Waals surface area contributed by atoms with Crippen LogP contribution in [0.15, 0.2) is 6.07 Å². The number of fused-ring (bicyclic) bond motifs is 1. The fourth-order valence-electron chi connectivity index (χ4n) is 4.23. The van der Waals surface area contributed by atoms with E-state index in [1.807, 2.05) is 0 Å². The van der Waals surface area contributed by atoms with E-state index in [1.54, 1.807) is 0 Å². The van der Waals surface area contributed by atoms with Crippen molar-refractivity contribution in [2.75, 3.05) is 5.32 Å². The second-order valence-electron chi connectivity index (χ2n) is 8.99. The first-order valence-electron chi connectivity index (χ1n) is 11.1. The zero-order valence-electron chi connectivity index (χ0n) is 18.6. The summed E-state index contributed by atoms with van der Waals surface area (Å²) in [6, 6.07) is 0.0255. The van der Waals surface area contributed by atoms with Crippen LogP contribution < -0.4 is 11.1 Å². The van der Waals surface area contributed by atoms with Gasteiger partial charge in [0, 0.05) is 11.3 Å². The molecule has 0 saturated heterocycles. The van der Waals surface area contributed by atoms with Gasteiger partial charge in [0.1, 0.15) is 21.4 Å². The topological polar surface area (TPSA) is 103 Å². The first-order chi connectivity index (χ1) is 16.9. The minimum Gasteiger partial charge on any atom is -0.365 e. The number of nitrogens with one attached hydrogen (secondary N) is 1. The van der Waals surface area contributed by atoms with Crippen LogP contribution in [0.5, 0.6) is 0 Å². The molecule has 14 heteroatoms. The molecule has 3 aromatic rings. The van der Waals surface area contributed by atoms with Gasteiger partial charge in [-0.15, -0.1) is 11.3 Å². The third-order valence-electron chi connectivity index (χ3n) is 6.29. The zero-order valence-corrected chi connectivity index (χ0v) is 20.2. The maximum absolute atomic E-state index is 13.5. The molecule has 36 heavy (non-hydrogen) atoms. The number of carbonyl (C=O) groups excluding carboxylic acids is 2. The van der Waals surface area contributed by atoms with Crippen LogP contribution >= 0.6 is 22.9 Å². The average molecular weight is 548 g/mol. The molecule has 2 fully saturated rings. The van der Waals surface area contributed by atoms with Crippen LogP contribution in [-0.4, -0.2) is 26.6 Å². The highest BCUT2D eigenvalue weighted by Crippen LogP contribution is 2.50. The summed E-state index contributed by atoms with van der Waals surface area (Å²) in [5, 5.41) is 6.00. The Balaban J connectivity index is 1.57. The van der Waals surface area contributed by atoms with E-state index in [0.717, 1.165) is 28.9 Å². The van der Waals surface area contributed by atoms with Gasteiger partial charge in [-0.2, -0.15) is 18.3 Å². The summed E-state index contributed by atoms with van der Waals surface area (Å²) in [5.74, 6) is -1.97. The van der Waals surface area contributed by atoms with E-state index in [2.05, 4.69) is 15.4 Å². The van der Waals surface area contributed by atoms with Gasteiger partial charge < -0.3 is 11.1 Å². The first kappa shape index (κ1) is 24.9. The maximum Gasteiger partial charge on any atom is 0.436 e. The van der Waals surface area contributed by atoms with Crippen LogP contribution in [0.3, 0.4) is 0 Å². The van der Waals surface area contributed by atoms with Crippen molar-refractivity contribution in [3.05, 3.63) is 38.6 Å². The summed E-state index contributed by atoms with van der Waals surface area (Å²) in [6.45, 7) is 1.36. The van der Waals surface area contributed by atoms with Crippen molar-refractivity contribution in [1.29, 1.82) is 0 Å². The van der Waals surface area contributed by atoms with E-state index in [-0.39, 0.29) is 32.9 Å². The summed E-state index contributed by atoms with van der Waals surface area (Å²) >= 11 is 6.80. The Morgan fingerprint density at radius 3 is 2.39 bits per heavy atom. The summed E-state index contributed by atoms with van der Waals surface area (Å²) in [6.07, 6.45) is -4.94. The molecule has 1 atom stereocenters. The first-order valence-corrected chi connectivity index (χ1v) is 12.3. The molecule has 1 unspecified atom stereocenters. The van der Waals surface area contributed by atoms with Crippen molar-refractivity contribution >= 4 is 50.7 Å². The van der Waals surface area contributed by atoms with Crippen molar-refractivity contribution in [1.82, 2.24) is 14.8 Å². The number of aromatic nitrogens is 3. The average Bonchev–Trinajstić information content (AvgIpc) is 3.72. The van der Waals surface area contributed by atoms with Gasteiger partial charge in [0.05, 0.1) is 16.4 Å². The number of amides is 2. The molecule has 2 saturated carbocycles. The number of thiophene rings is 1. The largest absolute Gasteiger partial charge is 0.436 e. The molecule has 0 bridgehead atoms. The lowest BCUT2D eigenvalue weighted by Crippen LogP contribution is -2.27. The van der Waals surface area contributed by atoms with E-state index in [4.69, 9.17) is 17.3 Å². The van der Waals surface area contributed by atoms with Crippen LogP contribution in [0.2, 0.25) is 5.02 Å². The van der Waals surface area contributed by atoms with E-state index in [0.29, 0.717) is 23.8 Å². The lowest BCUT2D eigenvalue weighted by atomic mass is 10.0. The summed E-state index contributed by atoms with van der Waals surface area (Å²) < 4.78 is 68.2. The van der Waals surface area contributed by atoms with E-state index in [9.17, 15) is 31.5 Å². The molecule has 2 amide bonds. The number of alkyl halides is 5. The molecule has 192 valence electrons. The lowest BCUT2D eigenvalue weighted by molar-refractivity contribution is -0.141. The monoisotopic (exact) mass is 547 g/mol. The number of halogens is 6. The predicted octanol–water partition coefficient (Wildman–Crippen LogP) is 6.16. The van der Waals surface area contributed by atoms with Gasteiger partial charge in [0.25, 0.3) is 12.3 Å². The number of hydrogen-bond donors (Lipinski definition) is 2. The highest BCUT2D eigenvalue weighted by atomic mass is 35.5. The van der Waals surface area contributed by atoms with Crippen molar-refractivity contribution in [2.24, 2.45) is 5.73 Å². The SMILES string of the molecule is CC(C(=O)Nc1c(C(N)=O)sc2nc(C(F)F)cc(C3CC3)c12)n1nc(C(F)(F)F)c(Cl)c1C1CC1. The Labute approximate surface area is 209 Å². The normalized spacial score (nSPS) is 17.1. The van der Waals surface area contributed by atoms with Crippen molar-refractivity contribution in [2.45, 2.75) is 63.1 Å². The van der Waals surface area contributed by atoms with E-state index >= 15 is 0 Å². The second kappa shape index (κ2) is 8.65. The fraction of sp³-hybridized carbons (Fsp3) is 0.455. The van der Waals surface area contributed by atoms with Crippen LogP contribution in [0.1, 0.15) is 89.2 Å². The van der Waals surface area contributed by atoms with Gasteiger partial charge >= 0.3 is 6.18 Å². The van der Waals surface area contributed by atoms with E-state index in [1.165, 1.54) is 13.0 Å². The third-order valence-corrected chi connectivity index (χ3v) is 7.76. The summed E-state index contributed by atoms with van der Waals surface area (Å²) in [5.41, 5.74) is 4.43. The predicted molar refractivity (Wildman–Crippen MR) is 123 cm³/mol. The summed E-state index contributed by atoms with van der Waals surface area (Å²) in [7, 11) is 0. The second-order valence-corrected chi connectivity index (χ2v) is 10.4. The Kier molecular flexibility index (Phi) is 5.98. The molecule has 0 radical (unpaired) electrons. The van der Waals surface area contributed by atoms with Crippen LogP contribution in [0, 0.1) is 0 Å². The molecular weight excluding hydrogens is 529 g/mol. The number of anilines is 1. The molecule has 2 aliphatic carbocycles. The van der Waals surface area contributed by atoms with Gasteiger partial charge in [0.2, 0.25) is 5.91 Å². The van der Waals surface area contributed by atoms with Gasteiger partial charge in [-0.1, -0.05) is 11.6 Å². The highest BCUT2D eigenvalue weighted by Gasteiger charge is 2.43. The van der Waals surface area contributed by atoms with Crippen LogP contribution in [0.25, 0.3) is 10.2 Å². The van der Waals surface area contributed by atoms with E-state index < -0.39 is 46.9 Å². The van der Waals surface area contributed by atoms with Crippen molar-refractivity contribution < 1.29 is 31.5 Å². The number of carbonyl (C=O) groups is 2. The molecule has 2 aliphatic rings. The van der Waals surface area contributed by atoms with Gasteiger partial charge in [-0.3, -0.25) is 14.3 Å². The maximum atomic E-state index is 13.5. The minimum atomic E-state index is -4.81. The highest BCUT2D eigenvalue weighted by molar-refractivity contribution is 7.21. The lowest BCUT2D eigenvalue weighted by Gasteiger charge is -2.17. The molecule has 0 spiro atoms. The molecule has 3 aromatic heterocycles. The smallest absolute Gasteiger partial charge is 0.365 e.